The number of carbonyl (C=O) groups is 1. The minimum Gasteiger partial charge on any atom is -0.341 e. The predicted octanol–water partition coefficient (Wildman–Crippen LogP) is 7.09. The van der Waals surface area contributed by atoms with Crippen LogP contribution in [0.1, 0.15) is 33.9 Å². The van der Waals surface area contributed by atoms with Crippen molar-refractivity contribution in [1.29, 1.82) is 0 Å². The van der Waals surface area contributed by atoms with Crippen LogP contribution in [0.25, 0.3) is 11.6 Å². The number of hydrogen-bond donors (Lipinski definition) is 1. The molecule has 1 atom stereocenters. The van der Waals surface area contributed by atoms with Gasteiger partial charge >= 0.3 is 0 Å². The molecule has 0 aliphatic carbocycles. The average molecular weight is 438 g/mol. The van der Waals surface area contributed by atoms with Gasteiger partial charge in [-0.1, -0.05) is 115 Å². The zero-order chi connectivity index (χ0) is 22.3. The molecule has 0 aliphatic heterocycles. The smallest absolute Gasteiger partial charge is 0.252 e. The lowest BCUT2D eigenvalue weighted by atomic mass is 9.94. The van der Waals surface area contributed by atoms with Gasteiger partial charge in [0.25, 0.3) is 5.91 Å². The summed E-state index contributed by atoms with van der Waals surface area (Å²) in [5.41, 5.74) is 5.42. The lowest BCUT2D eigenvalue weighted by Gasteiger charge is -2.22. The SMILES string of the molecule is Cc1ccccc1C(NC(=O)/C(=C/c1ccccc1Cl)c1ccccc1)c1ccccc1. The van der Waals surface area contributed by atoms with Gasteiger partial charge in [-0.2, -0.15) is 0 Å². The van der Waals surface area contributed by atoms with E-state index < -0.39 is 0 Å². The number of amides is 1. The maximum Gasteiger partial charge on any atom is 0.252 e. The van der Waals surface area contributed by atoms with E-state index in [1.54, 1.807) is 0 Å². The van der Waals surface area contributed by atoms with Gasteiger partial charge in [0.2, 0.25) is 0 Å². The molecule has 1 unspecified atom stereocenters. The second kappa shape index (κ2) is 10.1. The zero-order valence-corrected chi connectivity index (χ0v) is 18.6. The van der Waals surface area contributed by atoms with Gasteiger partial charge < -0.3 is 5.32 Å². The first-order valence-electron chi connectivity index (χ1n) is 10.6. The third-order valence-corrected chi connectivity index (χ3v) is 5.79. The van der Waals surface area contributed by atoms with Crippen molar-refractivity contribution in [3.05, 3.63) is 142 Å². The van der Waals surface area contributed by atoms with Gasteiger partial charge in [0.1, 0.15) is 0 Å². The van der Waals surface area contributed by atoms with Gasteiger partial charge in [-0.15, -0.1) is 0 Å². The second-order valence-corrected chi connectivity index (χ2v) is 8.03. The molecule has 1 N–H and O–H groups in total. The van der Waals surface area contributed by atoms with Gasteiger partial charge in [-0.3, -0.25) is 4.79 Å². The molecule has 0 saturated heterocycles. The maximum absolute atomic E-state index is 13.7. The van der Waals surface area contributed by atoms with Crippen LogP contribution in [0.2, 0.25) is 5.02 Å². The summed E-state index contributed by atoms with van der Waals surface area (Å²) in [6, 6.07) is 35.1. The Labute approximate surface area is 194 Å². The molecule has 0 aromatic heterocycles. The molecule has 0 spiro atoms. The standard InChI is InChI=1S/C29H24ClNO/c1-21-12-8-10-18-25(21)28(23-15-6-3-7-16-23)31-29(32)26(22-13-4-2-5-14-22)20-24-17-9-11-19-27(24)30/h2-20,28H,1H3,(H,31,32)/b26-20+. The van der Waals surface area contributed by atoms with E-state index in [-0.39, 0.29) is 11.9 Å². The summed E-state index contributed by atoms with van der Waals surface area (Å²) in [4.78, 5) is 13.7. The van der Waals surface area contributed by atoms with Gasteiger partial charge in [-0.05, 0) is 46.9 Å². The monoisotopic (exact) mass is 437 g/mol. The number of nitrogens with one attached hydrogen (secondary N) is 1. The van der Waals surface area contributed by atoms with E-state index in [0.717, 1.165) is 27.8 Å². The highest BCUT2D eigenvalue weighted by Crippen LogP contribution is 2.28. The van der Waals surface area contributed by atoms with Crippen molar-refractivity contribution >= 4 is 29.2 Å². The van der Waals surface area contributed by atoms with E-state index >= 15 is 0 Å². The summed E-state index contributed by atoms with van der Waals surface area (Å²) in [6.07, 6.45) is 1.85. The van der Waals surface area contributed by atoms with Crippen molar-refractivity contribution in [2.75, 3.05) is 0 Å². The molecule has 4 aromatic carbocycles. The maximum atomic E-state index is 13.7. The van der Waals surface area contributed by atoms with Crippen molar-refractivity contribution in [3.8, 4) is 0 Å². The zero-order valence-electron chi connectivity index (χ0n) is 17.8. The molecule has 0 aliphatic rings. The Morgan fingerprint density at radius 2 is 1.38 bits per heavy atom. The van der Waals surface area contributed by atoms with Crippen LogP contribution < -0.4 is 5.32 Å². The van der Waals surface area contributed by atoms with Crippen LogP contribution in [0.15, 0.2) is 109 Å². The summed E-state index contributed by atoms with van der Waals surface area (Å²) >= 11 is 6.40. The molecule has 2 nitrogen and oxygen atoms in total. The molecule has 32 heavy (non-hydrogen) atoms. The first-order valence-corrected chi connectivity index (χ1v) is 10.9. The Bertz CT molecular complexity index is 1230. The normalized spacial score (nSPS) is 12.2. The third kappa shape index (κ3) is 4.99. The molecule has 0 radical (unpaired) electrons. The highest BCUT2D eigenvalue weighted by Gasteiger charge is 2.21. The van der Waals surface area contributed by atoms with E-state index in [4.69, 9.17) is 11.6 Å². The fourth-order valence-electron chi connectivity index (χ4n) is 3.75. The summed E-state index contributed by atoms with van der Waals surface area (Å²) in [7, 11) is 0. The molecule has 4 aromatic rings. The van der Waals surface area contributed by atoms with E-state index in [0.29, 0.717) is 10.6 Å². The van der Waals surface area contributed by atoms with Gasteiger partial charge in [0, 0.05) is 10.6 Å². The number of hydrogen-bond acceptors (Lipinski definition) is 1. The molecular weight excluding hydrogens is 414 g/mol. The Balaban J connectivity index is 1.77. The van der Waals surface area contributed by atoms with Crippen LogP contribution in [0, 0.1) is 6.92 Å². The van der Waals surface area contributed by atoms with Crippen LogP contribution in [0.5, 0.6) is 0 Å². The molecule has 1 amide bonds. The Morgan fingerprint density at radius 1 is 0.781 bits per heavy atom. The van der Waals surface area contributed by atoms with Gasteiger partial charge in [0.15, 0.2) is 0 Å². The molecule has 0 bridgehead atoms. The van der Waals surface area contributed by atoms with Gasteiger partial charge in [0.05, 0.1) is 6.04 Å². The molecule has 4 rings (SSSR count). The fourth-order valence-corrected chi connectivity index (χ4v) is 3.94. The molecule has 0 heterocycles. The van der Waals surface area contributed by atoms with E-state index in [1.165, 1.54) is 0 Å². The van der Waals surface area contributed by atoms with Crippen molar-refractivity contribution in [2.45, 2.75) is 13.0 Å². The third-order valence-electron chi connectivity index (χ3n) is 5.44. The summed E-state index contributed by atoms with van der Waals surface area (Å²) < 4.78 is 0. The average Bonchev–Trinajstić information content (AvgIpc) is 2.83. The minimum atomic E-state index is -0.275. The molecule has 3 heteroatoms. The fraction of sp³-hybridized carbons (Fsp3) is 0.0690. The first kappa shape index (κ1) is 21.6. The lowest BCUT2D eigenvalue weighted by Crippen LogP contribution is -2.30. The van der Waals surface area contributed by atoms with E-state index in [1.807, 2.05) is 103 Å². The number of benzene rings is 4. The minimum absolute atomic E-state index is 0.159. The Morgan fingerprint density at radius 3 is 2.06 bits per heavy atom. The van der Waals surface area contributed by atoms with Crippen molar-refractivity contribution in [2.24, 2.45) is 0 Å². The first-order chi connectivity index (χ1) is 15.6. The van der Waals surface area contributed by atoms with Crippen LogP contribution in [0.3, 0.4) is 0 Å². The topological polar surface area (TPSA) is 29.1 Å². The van der Waals surface area contributed by atoms with Crippen LogP contribution in [-0.2, 0) is 4.79 Å². The van der Waals surface area contributed by atoms with E-state index in [2.05, 4.69) is 24.4 Å². The quantitative estimate of drug-likeness (QED) is 0.253. The van der Waals surface area contributed by atoms with Crippen LogP contribution >= 0.6 is 11.6 Å². The van der Waals surface area contributed by atoms with Crippen LogP contribution in [0.4, 0.5) is 0 Å². The van der Waals surface area contributed by atoms with Crippen molar-refractivity contribution in [3.63, 3.8) is 0 Å². The number of rotatable bonds is 6. The molecular formula is C29H24ClNO. The highest BCUT2D eigenvalue weighted by molar-refractivity contribution is 6.33. The lowest BCUT2D eigenvalue weighted by molar-refractivity contribution is -0.116. The largest absolute Gasteiger partial charge is 0.341 e. The van der Waals surface area contributed by atoms with Crippen LogP contribution in [-0.4, -0.2) is 5.91 Å². The van der Waals surface area contributed by atoms with Crippen molar-refractivity contribution < 1.29 is 4.79 Å². The number of aryl methyl sites for hydroxylation is 1. The molecule has 0 saturated carbocycles. The number of carbonyl (C=O) groups excluding carboxylic acids is 1. The molecule has 158 valence electrons. The Hall–Kier alpha value is -3.62. The molecule has 0 fully saturated rings. The van der Waals surface area contributed by atoms with Crippen molar-refractivity contribution in [1.82, 2.24) is 5.32 Å². The van der Waals surface area contributed by atoms with Gasteiger partial charge in [-0.25, -0.2) is 0 Å². The second-order valence-electron chi connectivity index (χ2n) is 7.62. The highest BCUT2D eigenvalue weighted by atomic mass is 35.5. The number of halogens is 1. The Kier molecular flexibility index (Phi) is 6.84. The summed E-state index contributed by atoms with van der Waals surface area (Å²) in [5, 5.41) is 3.88. The summed E-state index contributed by atoms with van der Waals surface area (Å²) in [6.45, 7) is 2.06. The summed E-state index contributed by atoms with van der Waals surface area (Å²) in [5.74, 6) is -0.159. The van der Waals surface area contributed by atoms with E-state index in [9.17, 15) is 4.79 Å². The predicted molar refractivity (Wildman–Crippen MR) is 133 cm³/mol.